The van der Waals surface area contributed by atoms with Gasteiger partial charge in [-0.05, 0) is 41.7 Å². The zero-order valence-electron chi connectivity index (χ0n) is 11.7. The highest BCUT2D eigenvalue weighted by Crippen LogP contribution is 2.33. The molecular formula is C17H17NO2. The second-order valence-corrected chi connectivity index (χ2v) is 5.35. The number of nitrogens with zero attached hydrogens (tertiary/aromatic N) is 1. The summed E-state index contributed by atoms with van der Waals surface area (Å²) in [6, 6.07) is 9.73. The van der Waals surface area contributed by atoms with Crippen molar-refractivity contribution >= 4 is 5.78 Å². The first-order valence-electron chi connectivity index (χ1n) is 6.84. The first-order chi connectivity index (χ1) is 9.69. The smallest absolute Gasteiger partial charge is 0.165 e. The lowest BCUT2D eigenvalue weighted by molar-refractivity contribution is 0.0953. The summed E-state index contributed by atoms with van der Waals surface area (Å²) in [7, 11) is 1.65. The maximum absolute atomic E-state index is 12.4. The molecule has 1 aromatic heterocycles. The molecule has 0 fully saturated rings. The molecule has 2 aromatic rings. The van der Waals surface area contributed by atoms with Gasteiger partial charge in [0.25, 0.3) is 0 Å². The van der Waals surface area contributed by atoms with Crippen molar-refractivity contribution in [1.82, 2.24) is 4.98 Å². The molecule has 1 aliphatic carbocycles. The predicted molar refractivity (Wildman–Crippen MR) is 78.0 cm³/mol. The van der Waals surface area contributed by atoms with Crippen LogP contribution in [0.25, 0.3) is 11.1 Å². The summed E-state index contributed by atoms with van der Waals surface area (Å²) in [5.74, 6) is 1.37. The number of hydrogen-bond donors (Lipinski definition) is 0. The van der Waals surface area contributed by atoms with Crippen LogP contribution in [0.2, 0.25) is 0 Å². The Bertz CT molecular complexity index is 664. The van der Waals surface area contributed by atoms with E-state index in [1.807, 2.05) is 30.3 Å². The van der Waals surface area contributed by atoms with E-state index in [4.69, 9.17) is 4.74 Å². The molecule has 3 rings (SSSR count). The topological polar surface area (TPSA) is 39.2 Å². The average Bonchev–Trinajstić information content (AvgIpc) is 2.46. The molecule has 1 atom stereocenters. The van der Waals surface area contributed by atoms with E-state index >= 15 is 0 Å². The molecule has 3 nitrogen and oxygen atoms in total. The van der Waals surface area contributed by atoms with Crippen LogP contribution < -0.4 is 4.74 Å². The largest absolute Gasteiger partial charge is 0.497 e. The third kappa shape index (κ3) is 2.20. The lowest BCUT2D eigenvalue weighted by Gasteiger charge is -2.22. The van der Waals surface area contributed by atoms with Crippen LogP contribution in [0, 0.1) is 5.92 Å². The van der Waals surface area contributed by atoms with E-state index in [2.05, 4.69) is 11.9 Å². The highest BCUT2D eigenvalue weighted by Gasteiger charge is 2.26. The van der Waals surface area contributed by atoms with E-state index in [1.165, 1.54) is 0 Å². The number of fused-ring (bicyclic) bond motifs is 1. The Morgan fingerprint density at radius 1 is 1.25 bits per heavy atom. The predicted octanol–water partition coefficient (Wildman–Crippen LogP) is 3.52. The van der Waals surface area contributed by atoms with Crippen LogP contribution in [0.4, 0.5) is 0 Å². The van der Waals surface area contributed by atoms with Gasteiger partial charge in [-0.2, -0.15) is 0 Å². The SMILES string of the molecule is COc1cccc(-c2ccnc3c2C(=O)C[C@H](C)C3)c1. The summed E-state index contributed by atoms with van der Waals surface area (Å²) in [5.41, 5.74) is 3.68. The van der Waals surface area contributed by atoms with E-state index in [0.717, 1.165) is 34.6 Å². The number of hydrogen-bond acceptors (Lipinski definition) is 3. The van der Waals surface area contributed by atoms with Gasteiger partial charge in [-0.25, -0.2) is 0 Å². The Labute approximate surface area is 118 Å². The van der Waals surface area contributed by atoms with E-state index in [0.29, 0.717) is 12.3 Å². The average molecular weight is 267 g/mol. The summed E-state index contributed by atoms with van der Waals surface area (Å²) in [4.78, 5) is 16.8. The zero-order chi connectivity index (χ0) is 14.1. The normalized spacial score (nSPS) is 17.7. The number of methoxy groups -OCH3 is 1. The van der Waals surface area contributed by atoms with Crippen molar-refractivity contribution in [3.63, 3.8) is 0 Å². The van der Waals surface area contributed by atoms with E-state index in [-0.39, 0.29) is 5.78 Å². The fourth-order valence-electron chi connectivity index (χ4n) is 2.82. The standard InChI is InChI=1S/C17H17NO2/c1-11-8-15-17(16(19)9-11)14(6-7-18-15)12-4-3-5-13(10-12)20-2/h3-7,10-11H,8-9H2,1-2H3/t11-/m1/s1. The minimum atomic E-state index is 0.199. The van der Waals surface area contributed by atoms with Gasteiger partial charge in [-0.3, -0.25) is 9.78 Å². The number of pyridine rings is 1. The van der Waals surface area contributed by atoms with Crippen LogP contribution in [0.3, 0.4) is 0 Å². The molecule has 20 heavy (non-hydrogen) atoms. The van der Waals surface area contributed by atoms with Crippen molar-refractivity contribution in [2.24, 2.45) is 5.92 Å². The van der Waals surface area contributed by atoms with Crippen molar-refractivity contribution < 1.29 is 9.53 Å². The van der Waals surface area contributed by atoms with Crippen LogP contribution in [0.1, 0.15) is 29.4 Å². The summed E-state index contributed by atoms with van der Waals surface area (Å²) in [6.45, 7) is 2.10. The molecule has 0 saturated heterocycles. The summed E-state index contributed by atoms with van der Waals surface area (Å²) < 4.78 is 5.26. The van der Waals surface area contributed by atoms with Gasteiger partial charge < -0.3 is 4.74 Å². The molecule has 0 N–H and O–H groups in total. The van der Waals surface area contributed by atoms with Gasteiger partial charge in [0.15, 0.2) is 5.78 Å². The Morgan fingerprint density at radius 2 is 2.10 bits per heavy atom. The number of rotatable bonds is 2. The maximum Gasteiger partial charge on any atom is 0.165 e. The minimum absolute atomic E-state index is 0.199. The molecule has 0 amide bonds. The van der Waals surface area contributed by atoms with Crippen LogP contribution in [0.15, 0.2) is 36.5 Å². The molecule has 0 aliphatic heterocycles. The number of benzene rings is 1. The number of carbonyl (C=O) groups is 1. The van der Waals surface area contributed by atoms with Crippen molar-refractivity contribution in [2.75, 3.05) is 7.11 Å². The molecule has 0 spiro atoms. The highest BCUT2D eigenvalue weighted by molar-refractivity contribution is 6.04. The molecule has 102 valence electrons. The third-order valence-corrected chi connectivity index (χ3v) is 3.76. The fraction of sp³-hybridized carbons (Fsp3) is 0.294. The van der Waals surface area contributed by atoms with E-state index in [9.17, 15) is 4.79 Å². The minimum Gasteiger partial charge on any atom is -0.497 e. The molecule has 0 bridgehead atoms. The fourth-order valence-corrected chi connectivity index (χ4v) is 2.82. The van der Waals surface area contributed by atoms with Crippen LogP contribution in [-0.4, -0.2) is 17.9 Å². The summed E-state index contributed by atoms with van der Waals surface area (Å²) in [5, 5.41) is 0. The molecule has 0 unspecified atom stereocenters. The van der Waals surface area contributed by atoms with Gasteiger partial charge in [-0.1, -0.05) is 19.1 Å². The Hall–Kier alpha value is -2.16. The molecule has 1 heterocycles. The second kappa shape index (κ2) is 5.08. The first-order valence-corrected chi connectivity index (χ1v) is 6.84. The van der Waals surface area contributed by atoms with Gasteiger partial charge in [0.05, 0.1) is 12.8 Å². The van der Waals surface area contributed by atoms with Gasteiger partial charge >= 0.3 is 0 Å². The lowest BCUT2D eigenvalue weighted by Crippen LogP contribution is -2.20. The number of ether oxygens (including phenoxy) is 1. The summed E-state index contributed by atoms with van der Waals surface area (Å²) >= 11 is 0. The van der Waals surface area contributed by atoms with E-state index in [1.54, 1.807) is 13.3 Å². The molecule has 1 aromatic carbocycles. The second-order valence-electron chi connectivity index (χ2n) is 5.35. The zero-order valence-corrected chi connectivity index (χ0v) is 11.7. The number of carbonyl (C=O) groups excluding carboxylic acids is 1. The molecular weight excluding hydrogens is 250 g/mol. The molecule has 3 heteroatoms. The summed E-state index contributed by atoms with van der Waals surface area (Å²) in [6.07, 6.45) is 3.27. The monoisotopic (exact) mass is 267 g/mol. The number of Topliss-reactive ketones (excluding diaryl/α,β-unsaturated/α-hetero) is 1. The number of aromatic nitrogens is 1. The Balaban J connectivity index is 2.15. The van der Waals surface area contributed by atoms with Crippen molar-refractivity contribution in [3.8, 4) is 16.9 Å². The van der Waals surface area contributed by atoms with Crippen LogP contribution >= 0.6 is 0 Å². The maximum atomic E-state index is 12.4. The number of ketones is 1. The Morgan fingerprint density at radius 3 is 2.90 bits per heavy atom. The van der Waals surface area contributed by atoms with Crippen LogP contribution in [0.5, 0.6) is 5.75 Å². The highest BCUT2D eigenvalue weighted by atomic mass is 16.5. The molecule has 0 radical (unpaired) electrons. The van der Waals surface area contributed by atoms with Crippen molar-refractivity contribution in [3.05, 3.63) is 47.8 Å². The van der Waals surface area contributed by atoms with Crippen LogP contribution in [-0.2, 0) is 6.42 Å². The van der Waals surface area contributed by atoms with Crippen molar-refractivity contribution in [2.45, 2.75) is 19.8 Å². The third-order valence-electron chi connectivity index (χ3n) is 3.76. The van der Waals surface area contributed by atoms with E-state index < -0.39 is 0 Å². The van der Waals surface area contributed by atoms with Gasteiger partial charge in [-0.15, -0.1) is 0 Å². The van der Waals surface area contributed by atoms with Gasteiger partial charge in [0.1, 0.15) is 5.75 Å². The Kier molecular flexibility index (Phi) is 3.26. The lowest BCUT2D eigenvalue weighted by atomic mass is 9.83. The van der Waals surface area contributed by atoms with Gasteiger partial charge in [0.2, 0.25) is 0 Å². The van der Waals surface area contributed by atoms with Gasteiger partial charge in [0, 0.05) is 18.2 Å². The first kappa shape index (κ1) is 12.9. The molecule has 0 saturated carbocycles. The van der Waals surface area contributed by atoms with Crippen molar-refractivity contribution in [1.29, 1.82) is 0 Å². The molecule has 1 aliphatic rings. The quantitative estimate of drug-likeness (QED) is 0.835.